The van der Waals surface area contributed by atoms with Crippen LogP contribution in [0.5, 0.6) is 0 Å². The van der Waals surface area contributed by atoms with E-state index in [4.69, 9.17) is 12.6 Å². The van der Waals surface area contributed by atoms with E-state index in [-0.39, 0.29) is 0 Å². The minimum atomic E-state index is 0.955. The largest absolute Gasteiger partial charge is 0.143 e. The molecule has 0 aliphatic rings. The summed E-state index contributed by atoms with van der Waals surface area (Å²) in [6.45, 7) is 0. The quantitative estimate of drug-likeness (QED) is 0.148. The Morgan fingerprint density at radius 3 is 0.872 bits per heavy atom. The van der Waals surface area contributed by atoms with E-state index in [9.17, 15) is 0 Å². The molecule has 0 bridgehead atoms. The molecule has 0 unspecified atom stereocenters. The van der Waals surface area contributed by atoms with Gasteiger partial charge in [0.05, 0.1) is 0 Å². The zero-order valence-corrected chi connectivity index (χ0v) is 26.6. The van der Waals surface area contributed by atoms with Gasteiger partial charge in [-0.2, -0.15) is 0 Å². The van der Waals surface area contributed by atoms with E-state index in [2.05, 4.69) is 176 Å². The molecule has 1 heteroatoms. The van der Waals surface area contributed by atoms with Crippen molar-refractivity contribution < 1.29 is 0 Å². The molecule has 9 rings (SSSR count). The number of benzene rings is 9. The van der Waals surface area contributed by atoms with Crippen LogP contribution in [0.4, 0.5) is 0 Å². The van der Waals surface area contributed by atoms with Crippen LogP contribution in [0, 0.1) is 0 Å². The number of hydrogen-bond donors (Lipinski definition) is 1. The van der Waals surface area contributed by atoms with Gasteiger partial charge in [-0.3, -0.25) is 0 Å². The minimum Gasteiger partial charge on any atom is -0.143 e. The summed E-state index contributed by atoms with van der Waals surface area (Å²) in [5, 5.41) is 9.93. The second-order valence-electron chi connectivity index (χ2n) is 12.2. The lowest BCUT2D eigenvalue weighted by Gasteiger charge is -2.22. The van der Waals surface area contributed by atoms with Crippen LogP contribution in [0.1, 0.15) is 0 Å². The lowest BCUT2D eigenvalue weighted by molar-refractivity contribution is 1.53. The van der Waals surface area contributed by atoms with E-state index in [0.29, 0.717) is 0 Å². The average molecular weight is 615 g/mol. The highest BCUT2D eigenvalue weighted by Crippen LogP contribution is 2.50. The maximum absolute atomic E-state index is 4.85. The molecule has 0 saturated heterocycles. The highest BCUT2D eigenvalue weighted by Gasteiger charge is 2.22. The lowest BCUT2D eigenvalue weighted by atomic mass is 9.81. The van der Waals surface area contributed by atoms with Crippen LogP contribution < -0.4 is 0 Å². The normalized spacial score (nSPS) is 11.5. The van der Waals surface area contributed by atoms with Gasteiger partial charge >= 0.3 is 0 Å². The molecule has 0 radical (unpaired) electrons. The fourth-order valence-corrected chi connectivity index (χ4v) is 7.75. The first-order valence-electron chi connectivity index (χ1n) is 16.1. The third-order valence-corrected chi connectivity index (χ3v) is 9.77. The summed E-state index contributed by atoms with van der Waals surface area (Å²) in [5.41, 5.74) is 9.86. The van der Waals surface area contributed by atoms with Gasteiger partial charge in [0.2, 0.25) is 0 Å². The van der Waals surface area contributed by atoms with Gasteiger partial charge < -0.3 is 0 Å². The Balaban J connectivity index is 1.59. The molecule has 0 nitrogen and oxygen atoms in total. The SMILES string of the molecule is Sc1ccc2c(-c3ccccc3)c3cc4c(-c5ccccc5)c5ccccc5c(-c5ccccc5)c4cc3c(-c3ccccc3)c2c1. The Hall–Kier alpha value is -5.63. The Kier molecular flexibility index (Phi) is 6.66. The van der Waals surface area contributed by atoms with E-state index in [1.165, 1.54) is 87.6 Å². The van der Waals surface area contributed by atoms with Crippen molar-refractivity contribution in [3.05, 3.63) is 176 Å². The summed E-state index contributed by atoms with van der Waals surface area (Å²) in [7, 11) is 0. The van der Waals surface area contributed by atoms with Gasteiger partial charge in [0.15, 0.2) is 0 Å². The van der Waals surface area contributed by atoms with Gasteiger partial charge in [0.1, 0.15) is 0 Å². The first-order valence-corrected chi connectivity index (χ1v) is 16.5. The Morgan fingerprint density at radius 2 is 0.511 bits per heavy atom. The molecule has 220 valence electrons. The summed E-state index contributed by atoms with van der Waals surface area (Å²) < 4.78 is 0. The van der Waals surface area contributed by atoms with Crippen molar-refractivity contribution >= 4 is 55.7 Å². The van der Waals surface area contributed by atoms with Crippen LogP contribution in [0.2, 0.25) is 0 Å². The van der Waals surface area contributed by atoms with Crippen molar-refractivity contribution in [1.82, 2.24) is 0 Å². The summed E-state index contributed by atoms with van der Waals surface area (Å²) in [6.07, 6.45) is 0. The van der Waals surface area contributed by atoms with Crippen LogP contribution in [-0.2, 0) is 0 Å². The predicted octanol–water partition coefficient (Wildman–Crippen LogP) is 13.3. The molecule has 0 aromatic heterocycles. The van der Waals surface area contributed by atoms with Gasteiger partial charge in [0, 0.05) is 4.90 Å². The van der Waals surface area contributed by atoms with Crippen LogP contribution in [0.3, 0.4) is 0 Å². The highest BCUT2D eigenvalue weighted by atomic mass is 32.1. The first kappa shape index (κ1) is 27.7. The monoisotopic (exact) mass is 614 g/mol. The van der Waals surface area contributed by atoms with Crippen LogP contribution in [-0.4, -0.2) is 0 Å². The van der Waals surface area contributed by atoms with Gasteiger partial charge in [-0.15, -0.1) is 12.6 Å². The maximum atomic E-state index is 4.85. The van der Waals surface area contributed by atoms with Gasteiger partial charge in [-0.1, -0.05) is 152 Å². The topological polar surface area (TPSA) is 0 Å². The third-order valence-electron chi connectivity index (χ3n) is 9.49. The Labute approximate surface area is 280 Å². The van der Waals surface area contributed by atoms with Crippen molar-refractivity contribution in [3.8, 4) is 44.5 Å². The second-order valence-corrected chi connectivity index (χ2v) is 12.7. The van der Waals surface area contributed by atoms with Crippen molar-refractivity contribution in [2.24, 2.45) is 0 Å². The molecular formula is C46H30S. The Morgan fingerprint density at radius 1 is 0.234 bits per heavy atom. The Bertz CT molecular complexity index is 2590. The van der Waals surface area contributed by atoms with E-state index in [0.717, 1.165) is 4.90 Å². The number of hydrogen-bond acceptors (Lipinski definition) is 1. The van der Waals surface area contributed by atoms with E-state index >= 15 is 0 Å². The fraction of sp³-hybridized carbons (Fsp3) is 0. The van der Waals surface area contributed by atoms with E-state index < -0.39 is 0 Å². The van der Waals surface area contributed by atoms with Crippen LogP contribution in [0.25, 0.3) is 87.6 Å². The van der Waals surface area contributed by atoms with Crippen molar-refractivity contribution in [2.45, 2.75) is 4.90 Å². The number of thiol groups is 1. The smallest absolute Gasteiger partial charge is 0.00465 e. The lowest BCUT2D eigenvalue weighted by Crippen LogP contribution is -1.95. The zero-order chi connectivity index (χ0) is 31.3. The van der Waals surface area contributed by atoms with E-state index in [1.807, 2.05) is 0 Å². The summed E-state index contributed by atoms with van der Waals surface area (Å²) in [6, 6.07) is 64.0. The molecule has 0 aliphatic heterocycles. The molecule has 0 amide bonds. The number of rotatable bonds is 4. The molecule has 0 fully saturated rings. The average Bonchev–Trinajstić information content (AvgIpc) is 3.13. The molecular weight excluding hydrogens is 585 g/mol. The predicted molar refractivity (Wildman–Crippen MR) is 205 cm³/mol. The highest BCUT2D eigenvalue weighted by molar-refractivity contribution is 7.80. The van der Waals surface area contributed by atoms with Crippen LogP contribution >= 0.6 is 12.6 Å². The molecule has 0 atom stereocenters. The second kappa shape index (κ2) is 11.3. The summed E-state index contributed by atoms with van der Waals surface area (Å²) in [4.78, 5) is 0.955. The molecule has 0 saturated carbocycles. The van der Waals surface area contributed by atoms with E-state index in [1.54, 1.807) is 0 Å². The summed E-state index contributed by atoms with van der Waals surface area (Å²) >= 11 is 4.85. The molecule has 9 aromatic carbocycles. The van der Waals surface area contributed by atoms with Crippen molar-refractivity contribution in [3.63, 3.8) is 0 Å². The first-order chi connectivity index (χ1) is 23.3. The molecule has 47 heavy (non-hydrogen) atoms. The van der Waals surface area contributed by atoms with Gasteiger partial charge in [-0.25, -0.2) is 0 Å². The molecule has 9 aromatic rings. The van der Waals surface area contributed by atoms with Gasteiger partial charge in [-0.05, 0) is 112 Å². The minimum absolute atomic E-state index is 0.955. The van der Waals surface area contributed by atoms with Crippen molar-refractivity contribution in [1.29, 1.82) is 0 Å². The number of fused-ring (bicyclic) bond motifs is 4. The van der Waals surface area contributed by atoms with Gasteiger partial charge in [0.25, 0.3) is 0 Å². The molecule has 0 aliphatic carbocycles. The summed E-state index contributed by atoms with van der Waals surface area (Å²) in [5.74, 6) is 0. The third kappa shape index (κ3) is 4.54. The molecule has 0 spiro atoms. The zero-order valence-electron chi connectivity index (χ0n) is 25.7. The van der Waals surface area contributed by atoms with Crippen LogP contribution in [0.15, 0.2) is 181 Å². The standard InChI is InChI=1S/C46H30S/c47-34-25-26-37-38(27-34)46(33-21-11-4-12-22-33)42-29-40-39(28-41(42)45(37)32-19-9-3-10-20-32)43(30-15-5-1-6-16-30)35-23-13-14-24-36(35)44(40)31-17-7-2-8-18-31/h1-29,47H. The molecule has 0 N–H and O–H groups in total. The van der Waals surface area contributed by atoms with Crippen molar-refractivity contribution in [2.75, 3.05) is 0 Å². The molecule has 0 heterocycles. The maximum Gasteiger partial charge on any atom is 0.00465 e. The fourth-order valence-electron chi connectivity index (χ4n) is 7.55.